The van der Waals surface area contributed by atoms with Crippen LogP contribution in [0.25, 0.3) is 22.2 Å². The van der Waals surface area contributed by atoms with Crippen LogP contribution >= 0.6 is 11.6 Å². The molecule has 0 spiro atoms. The molecule has 0 amide bonds. The minimum absolute atomic E-state index is 0.630. The van der Waals surface area contributed by atoms with E-state index in [0.29, 0.717) is 5.82 Å². The number of nitrogens with zero attached hydrogens (tertiary/aromatic N) is 2. The van der Waals surface area contributed by atoms with Gasteiger partial charge >= 0.3 is 0 Å². The highest BCUT2D eigenvalue weighted by molar-refractivity contribution is 6.36. The first-order valence-corrected chi connectivity index (χ1v) is 6.02. The highest BCUT2D eigenvalue weighted by Gasteiger charge is 2.16. The topological polar surface area (TPSA) is 59.6 Å². The van der Waals surface area contributed by atoms with Crippen molar-refractivity contribution in [1.82, 2.24) is 14.8 Å². The highest BCUT2D eigenvalue weighted by Crippen LogP contribution is 2.36. The third-order valence-electron chi connectivity index (χ3n) is 3.13. The minimum Gasteiger partial charge on any atom is -0.384 e. The Balaban J connectivity index is 2.38. The molecule has 5 heteroatoms. The van der Waals surface area contributed by atoms with Crippen LogP contribution < -0.4 is 5.73 Å². The first kappa shape index (κ1) is 11.2. The Labute approximate surface area is 109 Å². The van der Waals surface area contributed by atoms with Crippen LogP contribution in [0.4, 0.5) is 5.82 Å². The summed E-state index contributed by atoms with van der Waals surface area (Å²) < 4.78 is 1.66. The molecule has 0 saturated carbocycles. The van der Waals surface area contributed by atoms with Crippen LogP contribution in [0.3, 0.4) is 0 Å². The lowest BCUT2D eigenvalue weighted by Gasteiger charge is -1.98. The number of hydrogen-bond acceptors (Lipinski definition) is 2. The van der Waals surface area contributed by atoms with E-state index in [4.69, 9.17) is 17.3 Å². The van der Waals surface area contributed by atoms with Gasteiger partial charge in [-0.3, -0.25) is 4.68 Å². The molecule has 0 aliphatic rings. The molecular weight excluding hydrogens is 248 g/mol. The van der Waals surface area contributed by atoms with E-state index in [1.54, 1.807) is 4.68 Å². The summed E-state index contributed by atoms with van der Waals surface area (Å²) >= 11 is 6.29. The van der Waals surface area contributed by atoms with Gasteiger partial charge in [-0.15, -0.1) is 0 Å². The summed E-state index contributed by atoms with van der Waals surface area (Å²) in [5, 5.41) is 6.13. The third-order valence-corrected chi connectivity index (χ3v) is 3.45. The fourth-order valence-electron chi connectivity index (χ4n) is 2.26. The molecule has 18 heavy (non-hydrogen) atoms. The summed E-state index contributed by atoms with van der Waals surface area (Å²) in [6.45, 7) is 2.01. The molecule has 4 nitrogen and oxygen atoms in total. The summed E-state index contributed by atoms with van der Waals surface area (Å²) in [7, 11) is 1.82. The Kier molecular flexibility index (Phi) is 2.35. The Morgan fingerprint density at radius 3 is 2.83 bits per heavy atom. The number of nitrogens with two attached hydrogens (primary N) is 1. The molecule has 0 aliphatic carbocycles. The average molecular weight is 261 g/mol. The number of benzene rings is 1. The number of hydrogen-bond donors (Lipinski definition) is 2. The second-order valence-corrected chi connectivity index (χ2v) is 4.77. The second-order valence-electron chi connectivity index (χ2n) is 4.37. The van der Waals surface area contributed by atoms with Gasteiger partial charge in [0.1, 0.15) is 5.82 Å². The fourth-order valence-corrected chi connectivity index (χ4v) is 2.53. The first-order chi connectivity index (χ1) is 8.58. The van der Waals surface area contributed by atoms with Gasteiger partial charge in [-0.2, -0.15) is 5.10 Å². The number of H-pyrrole nitrogens is 1. The lowest BCUT2D eigenvalue weighted by Crippen LogP contribution is -1.96. The summed E-state index contributed by atoms with van der Waals surface area (Å²) in [6, 6.07) is 7.67. The van der Waals surface area contributed by atoms with Crippen LogP contribution in [0.15, 0.2) is 24.3 Å². The molecule has 0 aliphatic heterocycles. The van der Waals surface area contributed by atoms with E-state index in [1.807, 2.05) is 38.2 Å². The van der Waals surface area contributed by atoms with E-state index in [-0.39, 0.29) is 0 Å². The highest BCUT2D eigenvalue weighted by atomic mass is 35.5. The molecule has 3 aromatic rings. The molecule has 3 N–H and O–H groups in total. The van der Waals surface area contributed by atoms with Gasteiger partial charge in [-0.05, 0) is 19.1 Å². The van der Waals surface area contributed by atoms with Crippen molar-refractivity contribution in [2.24, 2.45) is 7.05 Å². The fraction of sp³-hybridized carbons (Fsp3) is 0.154. The smallest absolute Gasteiger partial charge is 0.121 e. The van der Waals surface area contributed by atoms with Crippen LogP contribution in [-0.4, -0.2) is 14.8 Å². The number of halogens is 1. The molecule has 0 atom stereocenters. The SMILES string of the molecule is Cc1[nH]c2cccc(Cl)c2c1-c1cc(N)n(C)n1. The van der Waals surface area contributed by atoms with Gasteiger partial charge in [0.2, 0.25) is 0 Å². The van der Waals surface area contributed by atoms with Gasteiger partial charge in [-0.25, -0.2) is 0 Å². The van der Waals surface area contributed by atoms with Crippen LogP contribution in [-0.2, 0) is 7.05 Å². The van der Waals surface area contributed by atoms with Gasteiger partial charge in [0.25, 0.3) is 0 Å². The van der Waals surface area contributed by atoms with Gasteiger partial charge in [-0.1, -0.05) is 17.7 Å². The molecule has 1 aromatic carbocycles. The molecule has 2 heterocycles. The number of aryl methyl sites for hydroxylation is 2. The summed E-state index contributed by atoms with van der Waals surface area (Å²) in [4.78, 5) is 3.32. The van der Waals surface area contributed by atoms with Crippen molar-refractivity contribution in [2.45, 2.75) is 6.92 Å². The van der Waals surface area contributed by atoms with Crippen LogP contribution in [0.5, 0.6) is 0 Å². The summed E-state index contributed by atoms with van der Waals surface area (Å²) in [5.74, 6) is 0.630. The number of fused-ring (bicyclic) bond motifs is 1. The van der Waals surface area contributed by atoms with Gasteiger partial charge < -0.3 is 10.7 Å². The number of rotatable bonds is 1. The maximum atomic E-state index is 6.29. The zero-order chi connectivity index (χ0) is 12.9. The van der Waals surface area contributed by atoms with Crippen molar-refractivity contribution >= 4 is 28.3 Å². The number of anilines is 1. The maximum absolute atomic E-state index is 6.29. The van der Waals surface area contributed by atoms with Crippen LogP contribution in [0.2, 0.25) is 5.02 Å². The van der Waals surface area contributed by atoms with Gasteiger partial charge in [0, 0.05) is 35.3 Å². The molecule has 0 fully saturated rings. The maximum Gasteiger partial charge on any atom is 0.121 e. The number of nitrogens with one attached hydrogen (secondary N) is 1. The van der Waals surface area contributed by atoms with Crippen LogP contribution in [0.1, 0.15) is 5.69 Å². The van der Waals surface area contributed by atoms with Crippen LogP contribution in [0, 0.1) is 6.92 Å². The van der Waals surface area contributed by atoms with E-state index < -0.39 is 0 Å². The predicted molar refractivity (Wildman–Crippen MR) is 74.7 cm³/mol. The number of aromatic amines is 1. The number of aromatic nitrogens is 3. The average Bonchev–Trinajstić information content (AvgIpc) is 2.80. The standard InChI is InChI=1S/C13H13ClN4/c1-7-12(10-6-11(15)18(2)17-10)13-8(14)4-3-5-9(13)16-7/h3-6,16H,15H2,1-2H3. The number of nitrogen functional groups attached to an aromatic ring is 1. The van der Waals surface area contributed by atoms with Crippen molar-refractivity contribution in [3.05, 3.63) is 35.0 Å². The molecule has 0 unspecified atom stereocenters. The monoisotopic (exact) mass is 260 g/mol. The Morgan fingerprint density at radius 2 is 2.17 bits per heavy atom. The normalized spacial score (nSPS) is 11.3. The summed E-state index contributed by atoms with van der Waals surface area (Å²) in [5.41, 5.74) is 9.74. The third kappa shape index (κ3) is 1.49. The van der Waals surface area contributed by atoms with Crippen molar-refractivity contribution in [3.63, 3.8) is 0 Å². The summed E-state index contributed by atoms with van der Waals surface area (Å²) in [6.07, 6.45) is 0. The minimum atomic E-state index is 0.630. The largest absolute Gasteiger partial charge is 0.384 e. The first-order valence-electron chi connectivity index (χ1n) is 5.64. The van der Waals surface area contributed by atoms with E-state index in [0.717, 1.165) is 32.9 Å². The Morgan fingerprint density at radius 1 is 1.39 bits per heavy atom. The Hall–Kier alpha value is -1.94. The molecular formula is C13H13ClN4. The van der Waals surface area contributed by atoms with E-state index in [1.165, 1.54) is 0 Å². The molecule has 0 saturated heterocycles. The molecule has 3 rings (SSSR count). The van der Waals surface area contributed by atoms with Gasteiger partial charge in [0.05, 0.1) is 10.7 Å². The molecule has 92 valence electrons. The lowest BCUT2D eigenvalue weighted by molar-refractivity contribution is 0.782. The predicted octanol–water partition coefficient (Wildman–Crippen LogP) is 3.11. The quantitative estimate of drug-likeness (QED) is 0.706. The van der Waals surface area contributed by atoms with Gasteiger partial charge in [0.15, 0.2) is 0 Å². The molecule has 2 aromatic heterocycles. The van der Waals surface area contributed by atoms with E-state index in [9.17, 15) is 0 Å². The lowest BCUT2D eigenvalue weighted by atomic mass is 10.1. The van der Waals surface area contributed by atoms with E-state index in [2.05, 4.69) is 10.1 Å². The van der Waals surface area contributed by atoms with Crippen molar-refractivity contribution in [2.75, 3.05) is 5.73 Å². The van der Waals surface area contributed by atoms with E-state index >= 15 is 0 Å². The molecule has 0 bridgehead atoms. The zero-order valence-corrected chi connectivity index (χ0v) is 10.9. The molecule has 0 radical (unpaired) electrons. The van der Waals surface area contributed by atoms with Crippen molar-refractivity contribution < 1.29 is 0 Å². The van der Waals surface area contributed by atoms with Crippen molar-refractivity contribution in [3.8, 4) is 11.3 Å². The Bertz CT molecular complexity index is 719. The van der Waals surface area contributed by atoms with Crippen molar-refractivity contribution in [1.29, 1.82) is 0 Å². The second kappa shape index (κ2) is 3.78. The zero-order valence-electron chi connectivity index (χ0n) is 10.2.